The molecule has 0 spiro atoms. The van der Waals surface area contributed by atoms with Crippen molar-refractivity contribution in [2.45, 2.75) is 57.9 Å². The van der Waals surface area contributed by atoms with Crippen molar-refractivity contribution in [3.63, 3.8) is 0 Å². The predicted octanol–water partition coefficient (Wildman–Crippen LogP) is 2.95. The van der Waals surface area contributed by atoms with Crippen LogP contribution in [0.1, 0.15) is 51.9 Å². The van der Waals surface area contributed by atoms with Crippen LogP contribution in [-0.4, -0.2) is 12.6 Å². The summed E-state index contributed by atoms with van der Waals surface area (Å²) >= 11 is 0. The van der Waals surface area contributed by atoms with Crippen LogP contribution in [0, 0.1) is 17.3 Å². The molecule has 0 amide bonds. The van der Waals surface area contributed by atoms with Crippen molar-refractivity contribution in [2.24, 2.45) is 17.3 Å². The van der Waals surface area contributed by atoms with Crippen LogP contribution in [-0.2, 0) is 0 Å². The average Bonchev–Trinajstić information content (AvgIpc) is 2.84. The molecule has 1 heteroatoms. The molecule has 0 aliphatic heterocycles. The minimum absolute atomic E-state index is 0.714. The molecule has 3 aliphatic rings. The molecule has 2 bridgehead atoms. The Labute approximate surface area is 87.7 Å². The lowest BCUT2D eigenvalue weighted by Gasteiger charge is -2.37. The van der Waals surface area contributed by atoms with Crippen molar-refractivity contribution < 1.29 is 0 Å². The molecule has 0 saturated heterocycles. The van der Waals surface area contributed by atoms with Gasteiger partial charge in [-0.15, -0.1) is 0 Å². The zero-order chi connectivity index (χ0) is 9.60. The Morgan fingerprint density at radius 2 is 2.07 bits per heavy atom. The van der Waals surface area contributed by atoms with E-state index in [2.05, 4.69) is 12.2 Å². The molecular formula is C13H23N. The summed E-state index contributed by atoms with van der Waals surface area (Å²) in [6.07, 6.45) is 10.4. The smallest absolute Gasteiger partial charge is 0.00684 e. The first-order valence-corrected chi connectivity index (χ1v) is 6.56. The van der Waals surface area contributed by atoms with E-state index in [0.29, 0.717) is 5.41 Å². The highest BCUT2D eigenvalue weighted by Crippen LogP contribution is 2.57. The molecule has 3 rings (SSSR count). The lowest BCUT2D eigenvalue weighted by atomic mass is 9.71. The summed E-state index contributed by atoms with van der Waals surface area (Å²) in [5.74, 6) is 2.17. The predicted molar refractivity (Wildman–Crippen MR) is 59.2 cm³/mol. The van der Waals surface area contributed by atoms with Gasteiger partial charge in [0.05, 0.1) is 0 Å². The van der Waals surface area contributed by atoms with E-state index >= 15 is 0 Å². The largest absolute Gasteiger partial charge is 0.313 e. The maximum atomic E-state index is 3.78. The second-order valence-corrected chi connectivity index (χ2v) is 5.95. The van der Waals surface area contributed by atoms with E-state index in [-0.39, 0.29) is 0 Å². The van der Waals surface area contributed by atoms with Crippen molar-refractivity contribution in [3.8, 4) is 0 Å². The molecule has 3 fully saturated rings. The molecule has 0 aromatic rings. The number of fused-ring (bicyclic) bond motifs is 2. The average molecular weight is 193 g/mol. The highest BCUT2D eigenvalue weighted by atomic mass is 15.0. The summed E-state index contributed by atoms with van der Waals surface area (Å²) in [5, 5.41) is 3.78. The highest BCUT2D eigenvalue weighted by Gasteiger charge is 2.49. The van der Waals surface area contributed by atoms with Crippen molar-refractivity contribution >= 4 is 0 Å². The minimum Gasteiger partial charge on any atom is -0.313 e. The van der Waals surface area contributed by atoms with Gasteiger partial charge >= 0.3 is 0 Å². The van der Waals surface area contributed by atoms with Gasteiger partial charge in [0, 0.05) is 12.6 Å². The first kappa shape index (κ1) is 9.21. The van der Waals surface area contributed by atoms with Crippen molar-refractivity contribution in [1.29, 1.82) is 0 Å². The zero-order valence-electron chi connectivity index (χ0n) is 9.39. The van der Waals surface area contributed by atoms with Crippen LogP contribution in [0.5, 0.6) is 0 Å². The first-order chi connectivity index (χ1) is 6.82. The van der Waals surface area contributed by atoms with E-state index < -0.39 is 0 Å². The molecule has 0 aromatic carbocycles. The van der Waals surface area contributed by atoms with E-state index in [1.165, 1.54) is 45.1 Å². The van der Waals surface area contributed by atoms with Gasteiger partial charge in [-0.05, 0) is 55.8 Å². The normalized spacial score (nSPS) is 46.1. The maximum Gasteiger partial charge on any atom is 0.00684 e. The molecule has 14 heavy (non-hydrogen) atoms. The van der Waals surface area contributed by atoms with E-state index in [4.69, 9.17) is 0 Å². The molecule has 0 radical (unpaired) electrons. The monoisotopic (exact) mass is 193 g/mol. The second-order valence-electron chi connectivity index (χ2n) is 5.95. The lowest BCUT2D eigenvalue weighted by Crippen LogP contribution is -2.39. The number of nitrogens with one attached hydrogen (secondary N) is 1. The Hall–Kier alpha value is -0.0400. The Balaban J connectivity index is 1.64. The van der Waals surface area contributed by atoms with E-state index in [1.807, 2.05) is 0 Å². The van der Waals surface area contributed by atoms with E-state index in [1.54, 1.807) is 6.42 Å². The molecule has 0 aromatic heterocycles. The van der Waals surface area contributed by atoms with Gasteiger partial charge in [0.15, 0.2) is 0 Å². The fourth-order valence-electron chi connectivity index (χ4n) is 3.97. The summed E-state index contributed by atoms with van der Waals surface area (Å²) in [7, 11) is 0. The van der Waals surface area contributed by atoms with Gasteiger partial charge in [0.2, 0.25) is 0 Å². The Bertz CT molecular complexity index is 221. The molecule has 3 atom stereocenters. The molecule has 80 valence electrons. The Morgan fingerprint density at radius 1 is 1.21 bits per heavy atom. The topological polar surface area (TPSA) is 12.0 Å². The summed E-state index contributed by atoms with van der Waals surface area (Å²) < 4.78 is 0. The summed E-state index contributed by atoms with van der Waals surface area (Å²) in [6, 6.07) is 0.901. The van der Waals surface area contributed by atoms with Crippen LogP contribution in [0.2, 0.25) is 0 Å². The molecule has 3 saturated carbocycles. The van der Waals surface area contributed by atoms with Gasteiger partial charge < -0.3 is 5.32 Å². The first-order valence-electron chi connectivity index (χ1n) is 6.56. The third kappa shape index (κ3) is 1.41. The van der Waals surface area contributed by atoms with E-state index in [9.17, 15) is 0 Å². The highest BCUT2D eigenvalue weighted by molar-refractivity contribution is 5.01. The Kier molecular flexibility index (Phi) is 2.12. The SMILES string of the molecule is CCC1(CNC2CC2)CC2CCC1C2. The molecular weight excluding hydrogens is 170 g/mol. The van der Waals surface area contributed by atoms with Gasteiger partial charge in [0.25, 0.3) is 0 Å². The standard InChI is InChI=1S/C13H23N/c1-2-13(9-14-12-5-6-12)8-10-3-4-11(13)7-10/h10-12,14H,2-9H2,1H3. The van der Waals surface area contributed by atoms with Crippen LogP contribution in [0.3, 0.4) is 0 Å². The number of hydrogen-bond acceptors (Lipinski definition) is 1. The molecule has 0 heterocycles. The van der Waals surface area contributed by atoms with Crippen molar-refractivity contribution in [3.05, 3.63) is 0 Å². The Morgan fingerprint density at radius 3 is 2.57 bits per heavy atom. The quantitative estimate of drug-likeness (QED) is 0.724. The second kappa shape index (κ2) is 3.23. The van der Waals surface area contributed by atoms with Gasteiger partial charge in [-0.25, -0.2) is 0 Å². The third-order valence-corrected chi connectivity index (χ3v) is 5.13. The van der Waals surface area contributed by atoms with Gasteiger partial charge in [-0.1, -0.05) is 13.3 Å². The van der Waals surface area contributed by atoms with Crippen LogP contribution < -0.4 is 5.32 Å². The number of rotatable bonds is 4. The van der Waals surface area contributed by atoms with Crippen LogP contribution in [0.4, 0.5) is 0 Å². The number of hydrogen-bond donors (Lipinski definition) is 1. The van der Waals surface area contributed by atoms with Gasteiger partial charge in [-0.3, -0.25) is 0 Å². The fourth-order valence-corrected chi connectivity index (χ4v) is 3.97. The third-order valence-electron chi connectivity index (χ3n) is 5.13. The molecule has 1 N–H and O–H groups in total. The zero-order valence-corrected chi connectivity index (χ0v) is 9.39. The van der Waals surface area contributed by atoms with Crippen LogP contribution in [0.15, 0.2) is 0 Å². The van der Waals surface area contributed by atoms with Crippen LogP contribution >= 0.6 is 0 Å². The molecule has 3 unspecified atom stereocenters. The summed E-state index contributed by atoms with van der Waals surface area (Å²) in [6.45, 7) is 3.74. The van der Waals surface area contributed by atoms with Crippen molar-refractivity contribution in [1.82, 2.24) is 5.32 Å². The maximum absolute atomic E-state index is 3.78. The van der Waals surface area contributed by atoms with Crippen LogP contribution in [0.25, 0.3) is 0 Å². The molecule has 1 nitrogen and oxygen atoms in total. The van der Waals surface area contributed by atoms with E-state index in [0.717, 1.165) is 17.9 Å². The summed E-state index contributed by atoms with van der Waals surface area (Å²) in [4.78, 5) is 0. The molecule has 3 aliphatic carbocycles. The van der Waals surface area contributed by atoms with Gasteiger partial charge in [-0.2, -0.15) is 0 Å². The van der Waals surface area contributed by atoms with Gasteiger partial charge in [0.1, 0.15) is 0 Å². The lowest BCUT2D eigenvalue weighted by molar-refractivity contribution is 0.149. The minimum atomic E-state index is 0.714. The fraction of sp³-hybridized carbons (Fsp3) is 1.00. The van der Waals surface area contributed by atoms with Crippen molar-refractivity contribution in [2.75, 3.05) is 6.54 Å². The summed E-state index contributed by atoms with van der Waals surface area (Å²) in [5.41, 5.74) is 0.714.